The topological polar surface area (TPSA) is 68.5 Å². The second-order valence-corrected chi connectivity index (χ2v) is 9.02. The molecule has 0 amide bonds. The average Bonchev–Trinajstić information content (AvgIpc) is 3.25. The molecule has 3 aromatic rings. The van der Waals surface area contributed by atoms with Crippen molar-refractivity contribution in [3.8, 4) is 28.1 Å². The van der Waals surface area contributed by atoms with Crippen LogP contribution in [0.2, 0.25) is 0 Å². The number of thiophene rings is 1. The summed E-state index contributed by atoms with van der Waals surface area (Å²) in [6, 6.07) is 5.57. The lowest BCUT2D eigenvalue weighted by Gasteiger charge is -2.27. The number of aryl methyl sites for hydroxylation is 1. The van der Waals surface area contributed by atoms with Crippen LogP contribution in [0.3, 0.4) is 0 Å². The van der Waals surface area contributed by atoms with Crippen LogP contribution in [0.5, 0.6) is 5.75 Å². The summed E-state index contributed by atoms with van der Waals surface area (Å²) in [6.07, 6.45) is 3.05. The number of carboxylic acid groups (broad SMARTS) is 1. The van der Waals surface area contributed by atoms with Crippen LogP contribution in [-0.4, -0.2) is 22.8 Å². The molecular formula is C25H29NO4S. The number of hydrogen-bond donors (Lipinski definition) is 1. The van der Waals surface area contributed by atoms with E-state index in [1.54, 1.807) is 18.4 Å². The van der Waals surface area contributed by atoms with Crippen molar-refractivity contribution < 1.29 is 14.6 Å². The van der Waals surface area contributed by atoms with Gasteiger partial charge in [-0.2, -0.15) is 11.3 Å². The third kappa shape index (κ3) is 4.59. The predicted molar refractivity (Wildman–Crippen MR) is 127 cm³/mol. The van der Waals surface area contributed by atoms with Gasteiger partial charge in [0, 0.05) is 29.9 Å². The Kier molecular flexibility index (Phi) is 7.01. The Morgan fingerprint density at radius 2 is 1.97 bits per heavy atom. The molecule has 0 fully saturated rings. The summed E-state index contributed by atoms with van der Waals surface area (Å²) in [4.78, 5) is 23.6. The molecule has 4 rings (SSSR count). The summed E-state index contributed by atoms with van der Waals surface area (Å²) in [5, 5.41) is 13.4. The molecule has 3 heterocycles. The minimum atomic E-state index is -1.19. The Bertz CT molecular complexity index is 1140. The van der Waals surface area contributed by atoms with Crippen molar-refractivity contribution in [2.75, 3.05) is 7.11 Å². The van der Waals surface area contributed by atoms with Gasteiger partial charge in [0.15, 0.2) is 5.43 Å². The number of rotatable bonds is 4. The Morgan fingerprint density at radius 3 is 2.52 bits per heavy atom. The largest absolute Gasteiger partial charge is 0.496 e. The number of hydrogen-bond acceptors (Lipinski definition) is 4. The zero-order valence-corrected chi connectivity index (χ0v) is 19.5. The van der Waals surface area contributed by atoms with Crippen molar-refractivity contribution in [3.63, 3.8) is 0 Å². The molecule has 164 valence electrons. The fourth-order valence-electron chi connectivity index (χ4n) is 3.90. The Hall–Kier alpha value is -2.86. The Morgan fingerprint density at radius 1 is 1.26 bits per heavy atom. The van der Waals surface area contributed by atoms with E-state index >= 15 is 0 Å². The van der Waals surface area contributed by atoms with Gasteiger partial charge in [0.05, 0.1) is 12.8 Å². The first kappa shape index (κ1) is 22.8. The number of nitrogens with zero attached hydrogens (tertiary/aromatic N) is 1. The summed E-state index contributed by atoms with van der Waals surface area (Å²) in [5.41, 5.74) is 5.49. The normalized spacial score (nSPS) is 11.9. The number of pyridine rings is 1. The first-order chi connectivity index (χ1) is 14.8. The van der Waals surface area contributed by atoms with E-state index in [0.29, 0.717) is 6.54 Å². The van der Waals surface area contributed by atoms with Crippen molar-refractivity contribution >= 4 is 17.3 Å². The predicted octanol–water partition coefficient (Wildman–Crippen LogP) is 5.73. The smallest absolute Gasteiger partial charge is 0.341 e. The Balaban J connectivity index is 0.000000628. The van der Waals surface area contributed by atoms with E-state index in [-0.39, 0.29) is 5.56 Å². The van der Waals surface area contributed by atoms with Crippen molar-refractivity contribution in [1.82, 2.24) is 4.57 Å². The second kappa shape index (κ2) is 9.52. The number of aromatic carboxylic acids is 1. The standard InChI is InChI=1S/C21H19NO4S.C4H10/c1-3-13-14-4-6-22-10-17(21(24)25)19(23)9-18(22)16(14)8-15(20(13)26-2)12-5-7-27-11-12;1-4(2)3/h5,7-11H,3-4,6H2,1-2H3,(H,24,25);4H,1-3H3. The van der Waals surface area contributed by atoms with E-state index in [0.717, 1.165) is 52.5 Å². The van der Waals surface area contributed by atoms with Gasteiger partial charge in [-0.3, -0.25) is 4.79 Å². The number of benzene rings is 1. The van der Waals surface area contributed by atoms with Crippen LogP contribution in [0, 0.1) is 5.92 Å². The molecule has 1 N–H and O–H groups in total. The number of aromatic nitrogens is 1. The van der Waals surface area contributed by atoms with Crippen LogP contribution in [-0.2, 0) is 19.4 Å². The maximum absolute atomic E-state index is 12.3. The zero-order chi connectivity index (χ0) is 22.7. The molecule has 1 aromatic carbocycles. The Labute approximate surface area is 186 Å². The lowest BCUT2D eigenvalue weighted by molar-refractivity contribution is 0.0694. The number of ether oxygens (including phenoxy) is 1. The van der Waals surface area contributed by atoms with Gasteiger partial charge in [0.25, 0.3) is 0 Å². The molecule has 1 aliphatic rings. The molecular weight excluding hydrogens is 410 g/mol. The maximum atomic E-state index is 12.3. The van der Waals surface area contributed by atoms with E-state index in [2.05, 4.69) is 45.2 Å². The first-order valence-corrected chi connectivity index (χ1v) is 11.5. The van der Waals surface area contributed by atoms with Crippen molar-refractivity contribution in [2.24, 2.45) is 5.92 Å². The van der Waals surface area contributed by atoms with Crippen LogP contribution in [0.1, 0.15) is 49.2 Å². The van der Waals surface area contributed by atoms with Crippen LogP contribution in [0.15, 0.2) is 40.0 Å². The molecule has 6 heteroatoms. The zero-order valence-electron chi connectivity index (χ0n) is 18.7. The third-order valence-electron chi connectivity index (χ3n) is 5.12. The quantitative estimate of drug-likeness (QED) is 0.563. The fourth-order valence-corrected chi connectivity index (χ4v) is 4.55. The summed E-state index contributed by atoms with van der Waals surface area (Å²) < 4.78 is 7.65. The van der Waals surface area contributed by atoms with E-state index in [9.17, 15) is 14.7 Å². The molecule has 0 aliphatic carbocycles. The van der Waals surface area contributed by atoms with Gasteiger partial charge in [-0.15, -0.1) is 0 Å². The van der Waals surface area contributed by atoms with Gasteiger partial charge in [-0.05, 0) is 58.3 Å². The highest BCUT2D eigenvalue weighted by molar-refractivity contribution is 7.08. The van der Waals surface area contributed by atoms with Crippen molar-refractivity contribution in [3.05, 3.63) is 62.1 Å². The minimum absolute atomic E-state index is 0.190. The van der Waals surface area contributed by atoms with E-state index in [1.807, 2.05) is 9.95 Å². The number of fused-ring (bicyclic) bond motifs is 3. The summed E-state index contributed by atoms with van der Waals surface area (Å²) in [6.45, 7) is 9.24. The highest BCUT2D eigenvalue weighted by Crippen LogP contribution is 2.43. The lowest BCUT2D eigenvalue weighted by atomic mass is 9.87. The van der Waals surface area contributed by atoms with E-state index in [4.69, 9.17) is 4.74 Å². The van der Waals surface area contributed by atoms with Crippen LogP contribution >= 0.6 is 11.3 Å². The molecule has 1 aliphatic heterocycles. The van der Waals surface area contributed by atoms with Crippen molar-refractivity contribution in [2.45, 2.75) is 47.1 Å². The molecule has 0 saturated heterocycles. The van der Waals surface area contributed by atoms with Gasteiger partial charge >= 0.3 is 5.97 Å². The third-order valence-corrected chi connectivity index (χ3v) is 5.81. The molecule has 0 saturated carbocycles. The number of methoxy groups -OCH3 is 1. The molecule has 31 heavy (non-hydrogen) atoms. The minimum Gasteiger partial charge on any atom is -0.496 e. The fraction of sp³-hybridized carbons (Fsp3) is 0.360. The molecule has 0 bridgehead atoms. The molecule has 0 unspecified atom stereocenters. The van der Waals surface area contributed by atoms with E-state index < -0.39 is 11.4 Å². The summed E-state index contributed by atoms with van der Waals surface area (Å²) >= 11 is 1.62. The van der Waals surface area contributed by atoms with Gasteiger partial charge in [0.1, 0.15) is 11.3 Å². The highest BCUT2D eigenvalue weighted by Gasteiger charge is 2.25. The van der Waals surface area contributed by atoms with Gasteiger partial charge in [-0.1, -0.05) is 27.7 Å². The molecule has 0 radical (unpaired) electrons. The van der Waals surface area contributed by atoms with Crippen LogP contribution in [0.25, 0.3) is 22.4 Å². The number of carboxylic acids is 1. The monoisotopic (exact) mass is 439 g/mol. The van der Waals surface area contributed by atoms with Gasteiger partial charge in [0.2, 0.25) is 0 Å². The number of carbonyl (C=O) groups is 1. The maximum Gasteiger partial charge on any atom is 0.341 e. The average molecular weight is 440 g/mol. The molecule has 5 nitrogen and oxygen atoms in total. The molecule has 0 atom stereocenters. The molecule has 0 spiro atoms. The summed E-state index contributed by atoms with van der Waals surface area (Å²) in [7, 11) is 1.69. The highest BCUT2D eigenvalue weighted by atomic mass is 32.1. The first-order valence-electron chi connectivity index (χ1n) is 10.5. The lowest BCUT2D eigenvalue weighted by Crippen LogP contribution is -2.22. The summed E-state index contributed by atoms with van der Waals surface area (Å²) in [5.74, 6) is 0.525. The van der Waals surface area contributed by atoms with Crippen molar-refractivity contribution in [1.29, 1.82) is 0 Å². The van der Waals surface area contributed by atoms with Crippen LogP contribution < -0.4 is 10.2 Å². The van der Waals surface area contributed by atoms with Gasteiger partial charge < -0.3 is 14.4 Å². The van der Waals surface area contributed by atoms with E-state index in [1.165, 1.54) is 17.8 Å². The van der Waals surface area contributed by atoms with Crippen LogP contribution in [0.4, 0.5) is 0 Å². The SMILES string of the molecule is CC(C)C.CCc1c2c(cc(-c3ccsc3)c1OC)-c1cc(=O)c(C(=O)O)cn1CC2. The molecule has 2 aromatic heterocycles. The van der Waals surface area contributed by atoms with Gasteiger partial charge in [-0.25, -0.2) is 4.79 Å². The second-order valence-electron chi connectivity index (χ2n) is 8.24.